The Morgan fingerprint density at radius 2 is 0.706 bits per heavy atom. The molecule has 0 saturated heterocycles. The van der Waals surface area contributed by atoms with Gasteiger partial charge in [0, 0.05) is 96.3 Å². The maximum Gasteiger partial charge on any atom is 0 e. The minimum atomic E-state index is 0. The Hall–Kier alpha value is 3.06. The fraction of sp³-hybridized carbons (Fsp3) is 0.667. The molecule has 2 fully saturated rings. The van der Waals surface area contributed by atoms with Crippen LogP contribution in [-0.2, 0) is 96.3 Å². The van der Waals surface area contributed by atoms with Gasteiger partial charge in [0.1, 0.15) is 0 Å². The van der Waals surface area contributed by atoms with Crippen molar-refractivity contribution in [2.75, 3.05) is 0 Å². The summed E-state index contributed by atoms with van der Waals surface area (Å²) in [5, 5.41) is 0. The normalized spacial score (nSPS) is 14.1. The van der Waals surface area contributed by atoms with Crippen LogP contribution in [0.3, 0.4) is 0 Å². The Labute approximate surface area is 173 Å². The average molecular weight is 694 g/mol. The van der Waals surface area contributed by atoms with E-state index in [-0.39, 0.29) is 111 Å². The Morgan fingerprint density at radius 3 is 0.765 bits per heavy atom. The van der Waals surface area contributed by atoms with Crippen LogP contribution in [0.15, 0.2) is 0 Å². The molecule has 0 aliphatic heterocycles. The molecule has 0 heterocycles. The van der Waals surface area contributed by atoms with Crippen molar-refractivity contribution in [3.8, 4) is 0 Å². The van der Waals surface area contributed by atoms with Crippen LogP contribution in [0.1, 0.15) is 51.4 Å². The summed E-state index contributed by atoms with van der Waals surface area (Å²) in [6.07, 6.45) is 16.0. The summed E-state index contributed by atoms with van der Waals surface area (Å²) < 4.78 is 0. The van der Waals surface area contributed by atoms with Gasteiger partial charge in [-0.3, -0.25) is 0 Å². The molecule has 2 aliphatic rings. The predicted octanol–water partition coefficient (Wildman–Crippen LogP) is 4.42. The van der Waals surface area contributed by atoms with Crippen LogP contribution in [0.4, 0.5) is 0 Å². The van der Waals surface area contributed by atoms with Crippen LogP contribution < -0.4 is 0 Å². The maximum atomic E-state index is 2.36. The van der Waals surface area contributed by atoms with E-state index in [1.165, 1.54) is 51.4 Å². The van der Waals surface area contributed by atoms with Gasteiger partial charge in [-0.1, -0.05) is 25.7 Å². The molecule has 2 aliphatic carbocycles. The maximum absolute atomic E-state index is 2.36. The molecular formula is C12H24FeV2W2-4. The third-order valence-electron chi connectivity index (χ3n) is 2.13. The second kappa shape index (κ2) is 36.4. The second-order valence-corrected chi connectivity index (χ2v) is 3.15. The van der Waals surface area contributed by atoms with Crippen molar-refractivity contribution in [3.05, 3.63) is 27.7 Å². The fourth-order valence-electron chi connectivity index (χ4n) is 1.44. The average Bonchev–Trinajstić information content (AvgIpc) is 2.67. The van der Waals surface area contributed by atoms with Crippen LogP contribution in [-0.4, -0.2) is 0 Å². The minimum absolute atomic E-state index is 0. The first-order valence-electron chi connectivity index (χ1n) is 4.63. The standard InChI is InChI=1S/2C5H9.2CH3.Fe.2V.2W/c2*1-2-4-5-3-1;;;;;;;/h2*1H,2-5H2;2*1H3;;;;;/q4*-1;;;;;. The van der Waals surface area contributed by atoms with Crippen molar-refractivity contribution in [1.29, 1.82) is 0 Å². The van der Waals surface area contributed by atoms with Crippen molar-refractivity contribution < 1.29 is 96.3 Å². The second-order valence-electron chi connectivity index (χ2n) is 3.15. The van der Waals surface area contributed by atoms with Gasteiger partial charge < -0.3 is 27.7 Å². The Kier molecular flexibility index (Phi) is 91.6. The molecule has 0 N–H and O–H groups in total. The van der Waals surface area contributed by atoms with E-state index in [1.54, 1.807) is 0 Å². The van der Waals surface area contributed by atoms with Gasteiger partial charge in [-0.15, -0.1) is 0 Å². The van der Waals surface area contributed by atoms with E-state index in [1.807, 2.05) is 0 Å². The zero-order valence-electron chi connectivity index (χ0n) is 10.9. The van der Waals surface area contributed by atoms with E-state index in [0.717, 1.165) is 0 Å². The van der Waals surface area contributed by atoms with Crippen LogP contribution in [0.5, 0.6) is 0 Å². The van der Waals surface area contributed by atoms with Crippen molar-refractivity contribution in [2.24, 2.45) is 0 Å². The number of rotatable bonds is 0. The third-order valence-corrected chi connectivity index (χ3v) is 2.13. The molecule has 0 aromatic heterocycles. The van der Waals surface area contributed by atoms with Gasteiger partial charge in [-0.25, -0.2) is 0 Å². The number of hydrogen-bond acceptors (Lipinski definition) is 0. The van der Waals surface area contributed by atoms with E-state index < -0.39 is 0 Å². The van der Waals surface area contributed by atoms with Gasteiger partial charge in [0.05, 0.1) is 0 Å². The molecule has 2 radical (unpaired) electrons. The van der Waals surface area contributed by atoms with Crippen molar-refractivity contribution >= 4 is 0 Å². The summed E-state index contributed by atoms with van der Waals surface area (Å²) in [4.78, 5) is 0. The van der Waals surface area contributed by atoms with Gasteiger partial charge >= 0.3 is 0 Å². The van der Waals surface area contributed by atoms with E-state index in [2.05, 4.69) is 12.8 Å². The van der Waals surface area contributed by atoms with Gasteiger partial charge in [-0.05, 0) is 0 Å². The van der Waals surface area contributed by atoms with Gasteiger partial charge in [-0.2, -0.15) is 25.7 Å². The topological polar surface area (TPSA) is 0 Å². The summed E-state index contributed by atoms with van der Waals surface area (Å²) >= 11 is 0. The van der Waals surface area contributed by atoms with Crippen molar-refractivity contribution in [3.63, 3.8) is 0 Å². The quantitative estimate of drug-likeness (QED) is 0.261. The summed E-state index contributed by atoms with van der Waals surface area (Å²) in [6, 6.07) is 0. The van der Waals surface area contributed by atoms with Gasteiger partial charge in [0.2, 0.25) is 0 Å². The Balaban J connectivity index is -0.0000000167. The van der Waals surface area contributed by atoms with Crippen LogP contribution >= 0.6 is 0 Å². The fourth-order valence-corrected chi connectivity index (χ4v) is 1.44. The first kappa shape index (κ1) is 42.7. The number of hydrogen-bond donors (Lipinski definition) is 0. The zero-order valence-corrected chi connectivity index (χ0v) is 20.6. The zero-order chi connectivity index (χ0) is 7.07. The smallest absolute Gasteiger partial charge is 0 e. The van der Waals surface area contributed by atoms with Gasteiger partial charge in [0.15, 0.2) is 0 Å². The molecule has 0 bridgehead atoms. The summed E-state index contributed by atoms with van der Waals surface area (Å²) in [5.41, 5.74) is 0. The molecule has 106 valence electrons. The molecule has 2 saturated carbocycles. The van der Waals surface area contributed by atoms with Crippen LogP contribution in [0, 0.1) is 27.7 Å². The monoisotopic (exact) mass is 694 g/mol. The molecule has 17 heavy (non-hydrogen) atoms. The molecule has 0 atom stereocenters. The minimum Gasteiger partial charge on any atom is -0.358 e. The molecular weight excluding hydrogens is 670 g/mol. The summed E-state index contributed by atoms with van der Waals surface area (Å²) in [6.45, 7) is 0. The third kappa shape index (κ3) is 32.5. The SMILES string of the molecule is [CH-]1CCCC1.[CH-]1CCCC1.[CH3-].[CH3-].[Fe].[V].[V].[W].[W]. The summed E-state index contributed by atoms with van der Waals surface area (Å²) in [7, 11) is 0. The largest absolute Gasteiger partial charge is 0.358 e. The molecule has 5 heteroatoms. The molecule has 0 spiro atoms. The van der Waals surface area contributed by atoms with E-state index in [0.29, 0.717) is 0 Å². The molecule has 0 amide bonds. The predicted molar refractivity (Wildman–Crippen MR) is 58.4 cm³/mol. The summed E-state index contributed by atoms with van der Waals surface area (Å²) in [5.74, 6) is 0. The van der Waals surface area contributed by atoms with Crippen LogP contribution in [0.25, 0.3) is 0 Å². The Morgan fingerprint density at radius 1 is 0.529 bits per heavy atom. The van der Waals surface area contributed by atoms with E-state index >= 15 is 0 Å². The molecule has 0 aromatic carbocycles. The van der Waals surface area contributed by atoms with Crippen LogP contribution in [0.2, 0.25) is 0 Å². The first-order valence-corrected chi connectivity index (χ1v) is 4.63. The van der Waals surface area contributed by atoms with Crippen molar-refractivity contribution in [2.45, 2.75) is 51.4 Å². The molecule has 0 unspecified atom stereocenters. The molecule has 2 rings (SSSR count). The van der Waals surface area contributed by atoms with E-state index in [4.69, 9.17) is 0 Å². The Bertz CT molecular complexity index is 55.7. The first-order chi connectivity index (χ1) is 5.00. The van der Waals surface area contributed by atoms with Crippen molar-refractivity contribution in [1.82, 2.24) is 0 Å². The van der Waals surface area contributed by atoms with E-state index in [9.17, 15) is 0 Å². The molecule has 0 nitrogen and oxygen atoms in total. The molecule has 0 aromatic rings. The van der Waals surface area contributed by atoms with Gasteiger partial charge in [0.25, 0.3) is 0 Å².